The Bertz CT molecular complexity index is 1070. The Morgan fingerprint density at radius 1 is 0.971 bits per heavy atom. The Morgan fingerprint density at radius 2 is 1.60 bits per heavy atom. The first-order valence-electron chi connectivity index (χ1n) is 12.3. The Hall–Kier alpha value is -3.00. The summed E-state index contributed by atoms with van der Waals surface area (Å²) >= 11 is 1.40. The molecule has 2 N–H and O–H groups in total. The molecule has 35 heavy (non-hydrogen) atoms. The molecule has 2 amide bonds. The van der Waals surface area contributed by atoms with E-state index in [-0.39, 0.29) is 36.9 Å². The first-order chi connectivity index (χ1) is 17.0. The number of rotatable bonds is 5. The first kappa shape index (κ1) is 23.7. The number of nitrogens with one attached hydrogen (secondary N) is 1. The van der Waals surface area contributed by atoms with Gasteiger partial charge in [-0.05, 0) is 47.9 Å². The lowest BCUT2D eigenvalue weighted by Crippen LogP contribution is -2.48. The third-order valence-electron chi connectivity index (χ3n) is 7.40. The molecule has 0 bridgehead atoms. The predicted molar refractivity (Wildman–Crippen MR) is 134 cm³/mol. The summed E-state index contributed by atoms with van der Waals surface area (Å²) in [7, 11) is 0. The largest absolute Gasteiger partial charge is 0.480 e. The van der Waals surface area contributed by atoms with E-state index >= 15 is 0 Å². The molecule has 1 heterocycles. The number of amides is 2. The van der Waals surface area contributed by atoms with Crippen LogP contribution in [0.2, 0.25) is 0 Å². The highest BCUT2D eigenvalue weighted by atomic mass is 32.2. The van der Waals surface area contributed by atoms with E-state index in [4.69, 9.17) is 4.74 Å². The van der Waals surface area contributed by atoms with Gasteiger partial charge in [0, 0.05) is 36.7 Å². The summed E-state index contributed by atoms with van der Waals surface area (Å²) in [6.07, 6.45) is 2.39. The minimum atomic E-state index is -0.858. The fourth-order valence-electron chi connectivity index (χ4n) is 5.55. The maximum absolute atomic E-state index is 12.9. The number of fused-ring (bicyclic) bond motifs is 3. The quantitative estimate of drug-likeness (QED) is 0.650. The molecule has 1 unspecified atom stereocenters. The zero-order valence-electron chi connectivity index (χ0n) is 19.5. The minimum Gasteiger partial charge on any atom is -0.480 e. The van der Waals surface area contributed by atoms with Gasteiger partial charge in [0.2, 0.25) is 5.91 Å². The molecule has 0 spiro atoms. The Kier molecular flexibility index (Phi) is 7.00. The smallest absolute Gasteiger partial charge is 0.407 e. The van der Waals surface area contributed by atoms with Gasteiger partial charge < -0.3 is 20.1 Å². The zero-order chi connectivity index (χ0) is 24.4. The number of aliphatic carboxylic acids is 1. The average Bonchev–Trinajstić information content (AvgIpc) is 3.21. The molecule has 2 aromatic rings. The Balaban J connectivity index is 1.10. The molecule has 2 aromatic carbocycles. The summed E-state index contributed by atoms with van der Waals surface area (Å²) in [5.41, 5.74) is 4.76. The maximum atomic E-state index is 12.9. The van der Waals surface area contributed by atoms with Gasteiger partial charge in [0.05, 0.1) is 0 Å². The van der Waals surface area contributed by atoms with Crippen LogP contribution in [0.5, 0.6) is 0 Å². The third kappa shape index (κ3) is 5.03. The van der Waals surface area contributed by atoms with Crippen LogP contribution < -0.4 is 5.32 Å². The second-order valence-corrected chi connectivity index (χ2v) is 10.8. The van der Waals surface area contributed by atoms with E-state index in [1.807, 2.05) is 24.3 Å². The molecule has 0 aromatic heterocycles. The van der Waals surface area contributed by atoms with Crippen molar-refractivity contribution in [2.75, 3.05) is 25.4 Å². The highest BCUT2D eigenvalue weighted by Crippen LogP contribution is 2.44. The fraction of sp³-hybridized carbons (Fsp3) is 0.444. The van der Waals surface area contributed by atoms with Crippen molar-refractivity contribution in [2.45, 2.75) is 42.9 Å². The van der Waals surface area contributed by atoms with Crippen molar-refractivity contribution in [3.05, 3.63) is 59.7 Å². The van der Waals surface area contributed by atoms with E-state index in [1.54, 1.807) is 4.90 Å². The van der Waals surface area contributed by atoms with Crippen LogP contribution in [0, 0.1) is 5.92 Å². The van der Waals surface area contributed by atoms with Gasteiger partial charge in [-0.25, -0.2) is 4.79 Å². The van der Waals surface area contributed by atoms with Gasteiger partial charge in [0.1, 0.15) is 11.9 Å². The number of hydrogen-bond donors (Lipinski definition) is 2. The van der Waals surface area contributed by atoms with Gasteiger partial charge in [0.15, 0.2) is 0 Å². The summed E-state index contributed by atoms with van der Waals surface area (Å²) in [5.74, 6) is -0.229. The topological polar surface area (TPSA) is 95.9 Å². The molecule has 0 radical (unpaired) electrons. The molecule has 1 atom stereocenters. The van der Waals surface area contributed by atoms with E-state index in [1.165, 1.54) is 34.0 Å². The van der Waals surface area contributed by atoms with Gasteiger partial charge in [-0.2, -0.15) is 0 Å². The number of thioether (sulfide) groups is 1. The number of hydrogen-bond acceptors (Lipinski definition) is 5. The summed E-state index contributed by atoms with van der Waals surface area (Å²) in [6, 6.07) is 16.5. The van der Waals surface area contributed by atoms with Crippen LogP contribution >= 0.6 is 11.8 Å². The van der Waals surface area contributed by atoms with Gasteiger partial charge >= 0.3 is 12.1 Å². The summed E-state index contributed by atoms with van der Waals surface area (Å²) < 4.78 is 5.66. The van der Waals surface area contributed by atoms with E-state index in [0.29, 0.717) is 38.0 Å². The van der Waals surface area contributed by atoms with Crippen molar-refractivity contribution >= 4 is 29.7 Å². The lowest BCUT2D eigenvalue weighted by molar-refractivity contribution is -0.140. The number of nitrogens with zero attached hydrogens (tertiary/aromatic N) is 1. The van der Waals surface area contributed by atoms with Gasteiger partial charge in [-0.3, -0.25) is 9.59 Å². The second-order valence-electron chi connectivity index (χ2n) is 9.50. The third-order valence-corrected chi connectivity index (χ3v) is 8.57. The van der Waals surface area contributed by atoms with E-state index in [0.717, 1.165) is 0 Å². The normalized spacial score (nSPS) is 23.8. The van der Waals surface area contributed by atoms with E-state index in [9.17, 15) is 19.5 Å². The lowest BCUT2D eigenvalue weighted by atomic mass is 9.85. The highest BCUT2D eigenvalue weighted by molar-refractivity contribution is 8.00. The summed E-state index contributed by atoms with van der Waals surface area (Å²) in [4.78, 5) is 38.5. The minimum absolute atomic E-state index is 0.0154. The van der Waals surface area contributed by atoms with Crippen LogP contribution in [0.3, 0.4) is 0 Å². The molecule has 7 nitrogen and oxygen atoms in total. The summed E-state index contributed by atoms with van der Waals surface area (Å²) in [5, 5.41) is 11.7. The molecule has 3 aliphatic rings. The predicted octanol–water partition coefficient (Wildman–Crippen LogP) is 4.11. The average molecular weight is 495 g/mol. The fourth-order valence-corrected chi connectivity index (χ4v) is 6.59. The van der Waals surface area contributed by atoms with Crippen LogP contribution in [0.15, 0.2) is 48.5 Å². The SMILES string of the molecule is O=C(NC1CCC(C(=O)N2CCSC(C(=O)O)C2)CC1)OCC1c2ccccc2-c2ccccc21. The zero-order valence-corrected chi connectivity index (χ0v) is 20.3. The molecule has 5 rings (SSSR count). The molecule has 1 saturated heterocycles. The Labute approximate surface area is 209 Å². The van der Waals surface area contributed by atoms with Gasteiger partial charge in [-0.15, -0.1) is 11.8 Å². The molecule has 1 saturated carbocycles. The monoisotopic (exact) mass is 494 g/mol. The number of carbonyl (C=O) groups is 3. The molecule has 1 aliphatic heterocycles. The lowest BCUT2D eigenvalue weighted by Gasteiger charge is -2.35. The molecule has 8 heteroatoms. The molecule has 184 valence electrons. The van der Waals surface area contributed by atoms with Crippen molar-refractivity contribution in [3.8, 4) is 11.1 Å². The number of benzene rings is 2. The molecular weight excluding hydrogens is 464 g/mol. The van der Waals surface area contributed by atoms with Crippen molar-refractivity contribution < 1.29 is 24.2 Å². The van der Waals surface area contributed by atoms with Crippen molar-refractivity contribution in [3.63, 3.8) is 0 Å². The van der Waals surface area contributed by atoms with Crippen LogP contribution in [-0.2, 0) is 14.3 Å². The number of carboxylic acid groups (broad SMARTS) is 1. The van der Waals surface area contributed by atoms with E-state index in [2.05, 4.69) is 29.6 Å². The first-order valence-corrected chi connectivity index (χ1v) is 13.3. The second kappa shape index (κ2) is 10.3. The van der Waals surface area contributed by atoms with Crippen molar-refractivity contribution in [2.24, 2.45) is 5.92 Å². The molecular formula is C27H30N2O5S. The van der Waals surface area contributed by atoms with E-state index < -0.39 is 17.3 Å². The van der Waals surface area contributed by atoms with Crippen LogP contribution in [-0.4, -0.2) is 64.7 Å². The van der Waals surface area contributed by atoms with Gasteiger partial charge in [0.25, 0.3) is 0 Å². The van der Waals surface area contributed by atoms with Crippen LogP contribution in [0.25, 0.3) is 11.1 Å². The highest BCUT2D eigenvalue weighted by Gasteiger charge is 2.35. The standard InChI is InChI=1S/C27H30N2O5S/c30-25(29-13-14-35-24(15-29)26(31)32)17-9-11-18(12-10-17)28-27(33)34-16-23-21-7-3-1-5-19(21)20-6-2-4-8-22(20)23/h1-8,17-18,23-24H,9-16H2,(H,28,33)(H,31,32). The van der Waals surface area contributed by atoms with Crippen molar-refractivity contribution in [1.29, 1.82) is 0 Å². The summed E-state index contributed by atoms with van der Waals surface area (Å²) in [6.45, 7) is 1.16. The van der Waals surface area contributed by atoms with Crippen molar-refractivity contribution in [1.82, 2.24) is 10.2 Å². The number of ether oxygens (including phenoxy) is 1. The maximum Gasteiger partial charge on any atom is 0.407 e. The molecule has 2 fully saturated rings. The van der Waals surface area contributed by atoms with Gasteiger partial charge in [-0.1, -0.05) is 48.5 Å². The Morgan fingerprint density at radius 3 is 2.23 bits per heavy atom. The van der Waals surface area contributed by atoms with Crippen LogP contribution in [0.4, 0.5) is 4.79 Å². The number of alkyl carbamates (subject to hydrolysis) is 1. The van der Waals surface area contributed by atoms with Crippen LogP contribution in [0.1, 0.15) is 42.7 Å². The molecule has 2 aliphatic carbocycles. The number of carbonyl (C=O) groups excluding carboxylic acids is 2. The number of carboxylic acids is 1.